The second-order valence-electron chi connectivity index (χ2n) is 12.0. The molecule has 0 unspecified atom stereocenters. The lowest BCUT2D eigenvalue weighted by Crippen LogP contribution is -2.20. The zero-order valence-electron chi connectivity index (χ0n) is 27.2. The van der Waals surface area contributed by atoms with Gasteiger partial charge in [0.15, 0.2) is 0 Å². The summed E-state index contributed by atoms with van der Waals surface area (Å²) >= 11 is 0. The third kappa shape index (κ3) is 6.11. The molecule has 1 aliphatic rings. The van der Waals surface area contributed by atoms with Crippen molar-refractivity contribution in [3.8, 4) is 33.6 Å². The highest BCUT2D eigenvalue weighted by molar-refractivity contribution is 6.62. The molecule has 4 heterocycles. The molecular weight excluding hydrogens is 615 g/mol. The topological polar surface area (TPSA) is 99.8 Å². The fraction of sp³-hybridized carbons (Fsp3) is 0.0233. The Morgan fingerprint density at radius 3 is 2.12 bits per heavy atom. The molecule has 1 aliphatic carbocycles. The van der Waals surface area contributed by atoms with Crippen molar-refractivity contribution in [2.75, 3.05) is 5.43 Å². The van der Waals surface area contributed by atoms with Crippen LogP contribution < -0.4 is 5.43 Å². The van der Waals surface area contributed by atoms with Crippen LogP contribution in [0.15, 0.2) is 163 Å². The van der Waals surface area contributed by atoms with Crippen LogP contribution in [0.3, 0.4) is 0 Å². The molecule has 238 valence electrons. The summed E-state index contributed by atoms with van der Waals surface area (Å²) in [5.74, 6) is 0. The molecule has 0 radical (unpaired) electrons. The summed E-state index contributed by atoms with van der Waals surface area (Å²) in [6.07, 6.45) is 9.20. The molecule has 0 saturated carbocycles. The lowest BCUT2D eigenvalue weighted by molar-refractivity contribution is 1.19. The van der Waals surface area contributed by atoms with E-state index >= 15 is 0 Å². The Morgan fingerprint density at radius 2 is 1.30 bits per heavy atom. The minimum absolute atomic E-state index is 0.241. The van der Waals surface area contributed by atoms with E-state index in [-0.39, 0.29) is 5.71 Å². The lowest BCUT2D eigenvalue weighted by atomic mass is 9.91. The van der Waals surface area contributed by atoms with Crippen molar-refractivity contribution in [1.82, 2.24) is 19.9 Å². The smallest absolute Gasteiger partial charge is 0.118 e. The molecule has 0 bridgehead atoms. The number of aromatic nitrogens is 4. The number of aryl methyl sites for hydroxylation is 1. The first-order valence-electron chi connectivity index (χ1n) is 16.3. The van der Waals surface area contributed by atoms with Gasteiger partial charge in [-0.3, -0.25) is 20.8 Å². The first-order valence-corrected chi connectivity index (χ1v) is 16.3. The maximum absolute atomic E-state index is 9.29. The van der Waals surface area contributed by atoms with Crippen LogP contribution in [-0.4, -0.2) is 31.4 Å². The Hall–Kier alpha value is -6.86. The zero-order chi connectivity index (χ0) is 33.9. The van der Waals surface area contributed by atoms with Crippen LogP contribution in [0.1, 0.15) is 17.1 Å². The third-order valence-corrected chi connectivity index (χ3v) is 8.64. The number of rotatable bonds is 7. The second kappa shape index (κ2) is 13.3. The summed E-state index contributed by atoms with van der Waals surface area (Å²) in [5.41, 5.74) is 14.3. The van der Waals surface area contributed by atoms with Gasteiger partial charge in [0.1, 0.15) is 5.71 Å². The minimum Gasteiger partial charge on any atom is -0.299 e. The molecule has 4 aromatic heterocycles. The fourth-order valence-corrected chi connectivity index (χ4v) is 6.13. The molecular formula is C43H31N7. The van der Waals surface area contributed by atoms with E-state index in [0.29, 0.717) is 17.0 Å². The number of hydrogen-bond acceptors (Lipinski definition) is 7. The van der Waals surface area contributed by atoms with Crippen LogP contribution in [0.5, 0.6) is 0 Å². The van der Waals surface area contributed by atoms with Crippen LogP contribution >= 0.6 is 0 Å². The van der Waals surface area contributed by atoms with Crippen molar-refractivity contribution in [3.05, 3.63) is 175 Å². The Balaban J connectivity index is 1.22. The molecule has 0 aliphatic heterocycles. The Labute approximate surface area is 290 Å². The first kappa shape index (κ1) is 30.5. The van der Waals surface area contributed by atoms with Crippen molar-refractivity contribution in [3.63, 3.8) is 0 Å². The summed E-state index contributed by atoms with van der Waals surface area (Å²) < 4.78 is 0. The Bertz CT molecular complexity index is 2470. The highest BCUT2D eigenvalue weighted by Crippen LogP contribution is 2.35. The summed E-state index contributed by atoms with van der Waals surface area (Å²) in [6.45, 7) is 1.96. The van der Waals surface area contributed by atoms with Gasteiger partial charge in [0.25, 0.3) is 0 Å². The number of nitrogens with zero attached hydrogens (tertiary/aromatic N) is 5. The maximum atomic E-state index is 9.29. The number of hydrazone groups is 1. The van der Waals surface area contributed by atoms with E-state index in [1.54, 1.807) is 12.4 Å². The van der Waals surface area contributed by atoms with E-state index in [4.69, 9.17) is 15.1 Å². The van der Waals surface area contributed by atoms with Crippen molar-refractivity contribution in [2.24, 2.45) is 5.10 Å². The van der Waals surface area contributed by atoms with Crippen molar-refractivity contribution in [2.45, 2.75) is 6.92 Å². The number of allylic oxidation sites excluding steroid dienone is 4. The molecule has 7 heteroatoms. The first-order chi connectivity index (χ1) is 24.6. The van der Waals surface area contributed by atoms with Gasteiger partial charge in [-0.25, -0.2) is 9.97 Å². The van der Waals surface area contributed by atoms with E-state index in [0.717, 1.165) is 61.7 Å². The van der Waals surface area contributed by atoms with Gasteiger partial charge in [-0.2, -0.15) is 5.10 Å². The van der Waals surface area contributed by atoms with Crippen LogP contribution in [-0.2, 0) is 0 Å². The average molecular weight is 646 g/mol. The van der Waals surface area contributed by atoms with Gasteiger partial charge in [-0.05, 0) is 90.0 Å². The molecule has 50 heavy (non-hydrogen) atoms. The van der Waals surface area contributed by atoms with E-state index in [2.05, 4.69) is 63.9 Å². The van der Waals surface area contributed by atoms with Gasteiger partial charge in [0.2, 0.25) is 0 Å². The molecule has 2 N–H and O–H groups in total. The molecule has 0 atom stereocenters. The third-order valence-electron chi connectivity index (χ3n) is 8.64. The predicted octanol–water partition coefficient (Wildman–Crippen LogP) is 9.70. The molecule has 0 spiro atoms. The molecule has 8 rings (SSSR count). The van der Waals surface area contributed by atoms with E-state index in [9.17, 15) is 5.41 Å². The highest BCUT2D eigenvalue weighted by atomic mass is 15.3. The van der Waals surface area contributed by atoms with Crippen molar-refractivity contribution in [1.29, 1.82) is 5.41 Å². The summed E-state index contributed by atoms with van der Waals surface area (Å²) in [7, 11) is 0. The number of para-hydroxylation sites is 1. The van der Waals surface area contributed by atoms with Crippen LogP contribution in [0.25, 0.3) is 55.6 Å². The molecule has 0 amide bonds. The van der Waals surface area contributed by atoms with Gasteiger partial charge in [-0.1, -0.05) is 72.8 Å². The SMILES string of the molecule is Cc1ccc(-c2cccc(C3=CC(=N)/C(=N\Nc4ccccc4-c4cccc5ccccc45)C(c4cccc(-c5cccnc5)n4)=C3)n2)cn1. The normalized spacial score (nSPS) is 13.6. The van der Waals surface area contributed by atoms with E-state index in [1.165, 1.54) is 5.39 Å². The number of pyridine rings is 4. The van der Waals surface area contributed by atoms with Crippen LogP contribution in [0.4, 0.5) is 5.69 Å². The number of nitrogens with one attached hydrogen (secondary N) is 2. The van der Waals surface area contributed by atoms with Gasteiger partial charge < -0.3 is 0 Å². The lowest BCUT2D eigenvalue weighted by Gasteiger charge is -2.19. The standard InChI is InChI=1S/C43H31N7/c1-28-21-22-31(27-46-28)39-17-7-19-40(47-39)32-24-36(41-20-8-18-38(48-41)30-12-9-23-45-26-30)43(37(44)25-32)50-49-42-16-5-4-14-35(42)34-15-6-11-29-10-2-3-13-33(29)34/h2-27,44,49H,1H3/b44-37?,50-43-. The molecule has 7 aromatic rings. The summed E-state index contributed by atoms with van der Waals surface area (Å²) in [6, 6.07) is 42.5. The Kier molecular flexibility index (Phi) is 8.13. The van der Waals surface area contributed by atoms with Gasteiger partial charge >= 0.3 is 0 Å². The summed E-state index contributed by atoms with van der Waals surface area (Å²) in [5, 5.41) is 16.5. The van der Waals surface area contributed by atoms with Crippen LogP contribution in [0, 0.1) is 12.3 Å². The second-order valence-corrected chi connectivity index (χ2v) is 12.0. The zero-order valence-corrected chi connectivity index (χ0v) is 27.2. The summed E-state index contributed by atoms with van der Waals surface area (Å²) in [4.78, 5) is 18.8. The van der Waals surface area contributed by atoms with Gasteiger partial charge in [-0.15, -0.1) is 0 Å². The van der Waals surface area contributed by atoms with Crippen molar-refractivity contribution >= 4 is 39.0 Å². The quantitative estimate of drug-likeness (QED) is 0.133. The van der Waals surface area contributed by atoms with E-state index in [1.807, 2.05) is 104 Å². The molecule has 7 nitrogen and oxygen atoms in total. The maximum Gasteiger partial charge on any atom is 0.118 e. The van der Waals surface area contributed by atoms with E-state index < -0.39 is 0 Å². The van der Waals surface area contributed by atoms with Crippen molar-refractivity contribution < 1.29 is 0 Å². The van der Waals surface area contributed by atoms with Gasteiger partial charge in [0.05, 0.1) is 34.2 Å². The highest BCUT2D eigenvalue weighted by Gasteiger charge is 2.23. The average Bonchev–Trinajstić information content (AvgIpc) is 3.18. The molecule has 0 saturated heterocycles. The monoisotopic (exact) mass is 645 g/mol. The number of benzene rings is 3. The largest absolute Gasteiger partial charge is 0.299 e. The predicted molar refractivity (Wildman–Crippen MR) is 204 cm³/mol. The number of hydrogen-bond donors (Lipinski definition) is 2. The molecule has 0 fully saturated rings. The number of fused-ring (bicyclic) bond motifs is 1. The van der Waals surface area contributed by atoms with Crippen LogP contribution in [0.2, 0.25) is 0 Å². The Morgan fingerprint density at radius 1 is 0.600 bits per heavy atom. The molecule has 3 aromatic carbocycles. The minimum atomic E-state index is 0.241. The van der Waals surface area contributed by atoms with Gasteiger partial charge in [0, 0.05) is 52.1 Å². The fourth-order valence-electron chi connectivity index (χ4n) is 6.13. The number of anilines is 1.